The van der Waals surface area contributed by atoms with Gasteiger partial charge in [-0.3, -0.25) is 9.59 Å². The molecular weight excluding hydrogens is 390 g/mol. The Morgan fingerprint density at radius 1 is 1.00 bits per heavy atom. The van der Waals surface area contributed by atoms with E-state index in [-0.39, 0.29) is 6.54 Å². The van der Waals surface area contributed by atoms with E-state index in [9.17, 15) is 18.4 Å². The number of carbonyl (C=O) groups excluding carboxylic acids is 2. The van der Waals surface area contributed by atoms with Crippen LogP contribution in [0.25, 0.3) is 0 Å². The number of amides is 2. The third kappa shape index (κ3) is 7.28. The van der Waals surface area contributed by atoms with Crippen LogP contribution in [0.2, 0.25) is 0 Å². The first-order valence-corrected chi connectivity index (χ1v) is 9.32. The van der Waals surface area contributed by atoms with Gasteiger partial charge in [0.1, 0.15) is 6.04 Å². The maximum atomic E-state index is 12.2. The summed E-state index contributed by atoms with van der Waals surface area (Å²) in [6.45, 7) is 1.60. The highest BCUT2D eigenvalue weighted by molar-refractivity contribution is 5.97. The van der Waals surface area contributed by atoms with Gasteiger partial charge in [-0.05, 0) is 48.9 Å². The Bertz CT molecular complexity index is 917. The molecule has 6 N–H and O–H groups in total. The van der Waals surface area contributed by atoms with E-state index in [0.717, 1.165) is 11.1 Å². The number of carbonyl (C=O) groups is 2. The van der Waals surface area contributed by atoms with Crippen molar-refractivity contribution in [3.8, 4) is 11.8 Å². The van der Waals surface area contributed by atoms with Gasteiger partial charge < -0.3 is 22.1 Å². The fourth-order valence-electron chi connectivity index (χ4n) is 2.57. The Morgan fingerprint density at radius 3 is 2.00 bits per heavy atom. The second-order valence-electron chi connectivity index (χ2n) is 6.76. The number of hydrogen-bond donors (Lipinski definition) is 4. The van der Waals surface area contributed by atoms with Gasteiger partial charge in [-0.1, -0.05) is 24.0 Å². The fourth-order valence-corrected chi connectivity index (χ4v) is 2.57. The smallest absolute Gasteiger partial charge is 0.251 e. The zero-order chi connectivity index (χ0) is 22.1. The number of hydrogen-bond acceptors (Lipinski definition) is 4. The lowest BCUT2D eigenvalue weighted by Crippen LogP contribution is -2.53. The molecule has 0 unspecified atom stereocenters. The number of primary amides is 1. The van der Waals surface area contributed by atoms with Crippen LogP contribution >= 0.6 is 0 Å². The Balaban J connectivity index is 1.97. The number of rotatable bonds is 8. The van der Waals surface area contributed by atoms with Crippen LogP contribution in [-0.2, 0) is 11.3 Å². The van der Waals surface area contributed by atoms with E-state index in [1.807, 2.05) is 24.3 Å². The molecule has 2 rings (SSSR count). The molecule has 2 amide bonds. The first kappa shape index (κ1) is 23.0. The Kier molecular flexibility index (Phi) is 8.47. The topological polar surface area (TPSA) is 110 Å². The van der Waals surface area contributed by atoms with Crippen molar-refractivity contribution >= 4 is 11.8 Å². The van der Waals surface area contributed by atoms with Crippen LogP contribution in [0, 0.1) is 11.8 Å². The standard InChI is InChI=1S/C22H24F2N4O2/c1-14(25)20(21(26)29)28-22(30)18-10-8-16(9-11-18)3-2-15-4-6-17(7-5-15)12-27-13-19(23)24/h4-11,14,19-20,27H,12-13,25H2,1H3,(H2,26,29)(H,28,30)/t14-,20+/m1/s1. The average molecular weight is 414 g/mol. The molecule has 30 heavy (non-hydrogen) atoms. The molecule has 0 fully saturated rings. The lowest BCUT2D eigenvalue weighted by atomic mass is 10.1. The lowest BCUT2D eigenvalue weighted by Gasteiger charge is -2.18. The van der Waals surface area contributed by atoms with Crippen LogP contribution in [0.15, 0.2) is 48.5 Å². The molecule has 0 saturated carbocycles. The summed E-state index contributed by atoms with van der Waals surface area (Å²) >= 11 is 0. The van der Waals surface area contributed by atoms with Crippen molar-refractivity contribution in [1.29, 1.82) is 0 Å². The van der Waals surface area contributed by atoms with Crippen LogP contribution in [0.1, 0.15) is 34.0 Å². The van der Waals surface area contributed by atoms with Crippen LogP contribution in [-0.4, -0.2) is 36.9 Å². The zero-order valence-corrected chi connectivity index (χ0v) is 16.5. The molecule has 0 spiro atoms. The summed E-state index contributed by atoms with van der Waals surface area (Å²) in [5, 5.41) is 5.18. The molecule has 0 heterocycles. The minimum atomic E-state index is -2.37. The van der Waals surface area contributed by atoms with Gasteiger partial charge in [-0.15, -0.1) is 0 Å². The van der Waals surface area contributed by atoms with Crippen molar-refractivity contribution in [2.75, 3.05) is 6.54 Å². The van der Waals surface area contributed by atoms with Crippen molar-refractivity contribution in [1.82, 2.24) is 10.6 Å². The van der Waals surface area contributed by atoms with E-state index in [1.54, 1.807) is 31.2 Å². The van der Waals surface area contributed by atoms with Gasteiger partial charge in [-0.25, -0.2) is 8.78 Å². The number of benzene rings is 2. The van der Waals surface area contributed by atoms with Crippen LogP contribution < -0.4 is 22.1 Å². The van der Waals surface area contributed by atoms with Crippen molar-refractivity contribution in [2.45, 2.75) is 32.0 Å². The Hall–Kier alpha value is -3.28. The van der Waals surface area contributed by atoms with Crippen molar-refractivity contribution in [3.05, 3.63) is 70.8 Å². The molecular formula is C22H24F2N4O2. The lowest BCUT2D eigenvalue weighted by molar-refractivity contribution is -0.120. The molecule has 2 aromatic carbocycles. The molecule has 0 bridgehead atoms. The minimum absolute atomic E-state index is 0.343. The summed E-state index contributed by atoms with van der Waals surface area (Å²) in [6, 6.07) is 12.3. The van der Waals surface area contributed by atoms with Gasteiger partial charge in [-0.2, -0.15) is 0 Å². The molecule has 0 aromatic heterocycles. The maximum Gasteiger partial charge on any atom is 0.251 e. The van der Waals surface area contributed by atoms with Crippen molar-refractivity contribution in [3.63, 3.8) is 0 Å². The monoisotopic (exact) mass is 414 g/mol. The summed E-state index contributed by atoms with van der Waals surface area (Å²) in [4.78, 5) is 23.6. The Morgan fingerprint density at radius 2 is 1.53 bits per heavy atom. The van der Waals surface area contributed by atoms with E-state index < -0.39 is 30.3 Å². The van der Waals surface area contributed by atoms with Crippen LogP contribution in [0.4, 0.5) is 8.78 Å². The van der Waals surface area contributed by atoms with Crippen molar-refractivity contribution in [2.24, 2.45) is 11.5 Å². The summed E-state index contributed by atoms with van der Waals surface area (Å²) in [5.41, 5.74) is 13.6. The van der Waals surface area contributed by atoms with E-state index in [2.05, 4.69) is 22.5 Å². The van der Waals surface area contributed by atoms with Gasteiger partial charge in [0.2, 0.25) is 5.91 Å². The second kappa shape index (κ2) is 11.0. The summed E-state index contributed by atoms with van der Waals surface area (Å²) in [5.74, 6) is 4.85. The maximum absolute atomic E-state index is 12.2. The molecule has 2 atom stereocenters. The fraction of sp³-hybridized carbons (Fsp3) is 0.273. The highest BCUT2D eigenvalue weighted by Gasteiger charge is 2.22. The number of alkyl halides is 2. The number of nitrogens with two attached hydrogens (primary N) is 2. The molecule has 6 nitrogen and oxygen atoms in total. The van der Waals surface area contributed by atoms with E-state index in [4.69, 9.17) is 11.5 Å². The van der Waals surface area contributed by atoms with Crippen LogP contribution in [0.3, 0.4) is 0 Å². The molecule has 158 valence electrons. The number of halogens is 2. The quantitative estimate of drug-likeness (QED) is 0.489. The molecule has 0 aliphatic rings. The minimum Gasteiger partial charge on any atom is -0.368 e. The van der Waals surface area contributed by atoms with Crippen molar-refractivity contribution < 1.29 is 18.4 Å². The summed E-state index contributed by atoms with van der Waals surface area (Å²) < 4.78 is 24.3. The predicted molar refractivity (Wildman–Crippen MR) is 111 cm³/mol. The normalized spacial score (nSPS) is 12.6. The zero-order valence-electron chi connectivity index (χ0n) is 16.5. The molecule has 0 saturated heterocycles. The van der Waals surface area contributed by atoms with Gasteiger partial charge >= 0.3 is 0 Å². The highest BCUT2D eigenvalue weighted by atomic mass is 19.3. The van der Waals surface area contributed by atoms with Gasteiger partial charge in [0.25, 0.3) is 12.3 Å². The second-order valence-corrected chi connectivity index (χ2v) is 6.76. The Labute approximate surface area is 174 Å². The van der Waals surface area contributed by atoms with E-state index in [0.29, 0.717) is 17.7 Å². The largest absolute Gasteiger partial charge is 0.368 e. The van der Waals surface area contributed by atoms with E-state index in [1.165, 1.54) is 0 Å². The molecule has 0 aliphatic carbocycles. The first-order chi connectivity index (χ1) is 14.3. The predicted octanol–water partition coefficient (Wildman–Crippen LogP) is 1.37. The van der Waals surface area contributed by atoms with Crippen LogP contribution in [0.5, 0.6) is 0 Å². The third-order valence-corrected chi connectivity index (χ3v) is 4.20. The molecule has 2 aromatic rings. The summed E-state index contributed by atoms with van der Waals surface area (Å²) in [6.07, 6.45) is -2.37. The third-order valence-electron chi connectivity index (χ3n) is 4.20. The average Bonchev–Trinajstić information content (AvgIpc) is 2.71. The number of nitrogens with one attached hydrogen (secondary N) is 2. The summed E-state index contributed by atoms with van der Waals surface area (Å²) in [7, 11) is 0. The SMILES string of the molecule is C[C@@H](N)[C@H](NC(=O)c1ccc(C#Cc2ccc(CNCC(F)F)cc2)cc1)C(N)=O. The van der Waals surface area contributed by atoms with Gasteiger partial charge in [0.15, 0.2) is 0 Å². The molecule has 0 aliphatic heterocycles. The van der Waals surface area contributed by atoms with E-state index >= 15 is 0 Å². The highest BCUT2D eigenvalue weighted by Crippen LogP contribution is 2.07. The molecule has 8 heteroatoms. The van der Waals surface area contributed by atoms with Gasteiger partial charge in [0, 0.05) is 29.3 Å². The van der Waals surface area contributed by atoms with Gasteiger partial charge in [0.05, 0.1) is 6.54 Å². The first-order valence-electron chi connectivity index (χ1n) is 9.32. The molecule has 0 radical (unpaired) electrons.